The van der Waals surface area contributed by atoms with E-state index in [1.165, 1.54) is 0 Å². The fourth-order valence-corrected chi connectivity index (χ4v) is 3.44. The highest BCUT2D eigenvalue weighted by atomic mass is 32.2. The smallest absolute Gasteiger partial charge is 0.236 e. The first kappa shape index (κ1) is 14.5. The minimum atomic E-state index is -1.18. The Morgan fingerprint density at radius 1 is 1.63 bits per heavy atom. The third-order valence-corrected chi connectivity index (χ3v) is 5.08. The van der Waals surface area contributed by atoms with Crippen molar-refractivity contribution in [3.63, 3.8) is 0 Å². The molecule has 2 atom stereocenters. The van der Waals surface area contributed by atoms with Crippen LogP contribution in [-0.2, 0) is 10.4 Å². The van der Waals surface area contributed by atoms with Gasteiger partial charge >= 0.3 is 0 Å². The Balaban J connectivity index is 1.96. The van der Waals surface area contributed by atoms with E-state index in [-0.39, 0.29) is 17.2 Å². The van der Waals surface area contributed by atoms with Crippen molar-refractivity contribution in [2.45, 2.75) is 44.0 Å². The van der Waals surface area contributed by atoms with Crippen molar-refractivity contribution in [2.24, 2.45) is 0 Å². The summed E-state index contributed by atoms with van der Waals surface area (Å²) in [5.41, 5.74) is -1.18. The van der Waals surface area contributed by atoms with E-state index in [1.54, 1.807) is 30.8 Å². The molecule has 1 aliphatic rings. The van der Waals surface area contributed by atoms with Crippen molar-refractivity contribution >= 4 is 17.7 Å². The summed E-state index contributed by atoms with van der Waals surface area (Å²) in [6, 6.07) is 3.55. The number of rotatable bonds is 4. The monoisotopic (exact) mass is 283 g/mol. The maximum Gasteiger partial charge on any atom is 0.236 e. The van der Waals surface area contributed by atoms with Crippen LogP contribution in [0.3, 0.4) is 0 Å². The van der Waals surface area contributed by atoms with E-state index < -0.39 is 5.60 Å². The molecule has 0 spiro atoms. The van der Waals surface area contributed by atoms with Gasteiger partial charge in [-0.15, -0.1) is 11.8 Å². The molecular weight excluding hydrogens is 262 g/mol. The van der Waals surface area contributed by atoms with Crippen LogP contribution >= 0.6 is 11.8 Å². The van der Waals surface area contributed by atoms with Gasteiger partial charge in [0.1, 0.15) is 17.1 Å². The molecule has 0 saturated carbocycles. The van der Waals surface area contributed by atoms with Crippen LogP contribution in [0.5, 0.6) is 0 Å². The number of hydrogen-bond donors (Lipinski definition) is 2. The van der Waals surface area contributed by atoms with Crippen LogP contribution in [0.4, 0.5) is 0 Å². The Morgan fingerprint density at radius 3 is 2.89 bits per heavy atom. The van der Waals surface area contributed by atoms with E-state index in [0.717, 1.165) is 24.4 Å². The summed E-state index contributed by atoms with van der Waals surface area (Å²) >= 11 is 1.69. The second-order valence-electron chi connectivity index (χ2n) is 5.55. The zero-order valence-electron chi connectivity index (χ0n) is 11.7. The first-order chi connectivity index (χ1) is 8.83. The lowest BCUT2D eigenvalue weighted by molar-refractivity contribution is -0.124. The third kappa shape index (κ3) is 3.15. The molecule has 4 nitrogen and oxygen atoms in total. The molecule has 2 N–H and O–H groups in total. The number of hydrogen-bond acceptors (Lipinski definition) is 4. The molecule has 1 amide bonds. The Morgan fingerprint density at radius 2 is 2.37 bits per heavy atom. The summed E-state index contributed by atoms with van der Waals surface area (Å²) in [6.45, 7) is 5.60. The molecule has 0 aliphatic carbocycles. The van der Waals surface area contributed by atoms with Crippen molar-refractivity contribution in [3.05, 3.63) is 23.7 Å². The summed E-state index contributed by atoms with van der Waals surface area (Å²) < 4.78 is 5.07. The third-order valence-electron chi connectivity index (χ3n) is 3.56. The van der Waals surface area contributed by atoms with Gasteiger partial charge in [-0.25, -0.2) is 0 Å². The number of furan rings is 1. The summed E-state index contributed by atoms with van der Waals surface area (Å²) in [6.07, 6.45) is 1.97. The highest BCUT2D eigenvalue weighted by Gasteiger charge is 2.38. The number of thioether (sulfide) groups is 1. The van der Waals surface area contributed by atoms with Gasteiger partial charge in [0, 0.05) is 0 Å². The normalized spacial score (nSPS) is 26.1. The van der Waals surface area contributed by atoms with Crippen LogP contribution in [0.15, 0.2) is 16.5 Å². The van der Waals surface area contributed by atoms with E-state index in [2.05, 4.69) is 5.32 Å². The van der Waals surface area contributed by atoms with Crippen molar-refractivity contribution in [1.82, 2.24) is 5.32 Å². The quantitative estimate of drug-likeness (QED) is 0.889. The molecule has 0 aromatic carbocycles. The first-order valence-electron chi connectivity index (χ1n) is 6.55. The van der Waals surface area contributed by atoms with Gasteiger partial charge in [-0.2, -0.15) is 0 Å². The minimum Gasteiger partial charge on any atom is -0.463 e. The molecule has 1 aromatic rings. The fourth-order valence-electron chi connectivity index (χ4n) is 2.21. The van der Waals surface area contributed by atoms with Crippen molar-refractivity contribution < 1.29 is 14.3 Å². The molecule has 0 radical (unpaired) electrons. The molecule has 2 heterocycles. The van der Waals surface area contributed by atoms with Gasteiger partial charge in [0.15, 0.2) is 0 Å². The largest absolute Gasteiger partial charge is 0.463 e. The van der Waals surface area contributed by atoms with E-state index in [4.69, 9.17) is 4.42 Å². The number of aliphatic hydroxyl groups is 1. The zero-order valence-corrected chi connectivity index (χ0v) is 12.5. The van der Waals surface area contributed by atoms with Crippen molar-refractivity contribution in [2.75, 3.05) is 12.3 Å². The Bertz CT molecular complexity index is 461. The lowest BCUT2D eigenvalue weighted by Gasteiger charge is -2.26. The van der Waals surface area contributed by atoms with Crippen molar-refractivity contribution in [1.29, 1.82) is 0 Å². The van der Waals surface area contributed by atoms with Gasteiger partial charge in [-0.1, -0.05) is 0 Å². The molecule has 106 valence electrons. The first-order valence-corrected chi connectivity index (χ1v) is 7.54. The average Bonchev–Trinajstić information content (AvgIpc) is 2.96. The van der Waals surface area contributed by atoms with E-state index in [9.17, 15) is 9.90 Å². The number of amides is 1. The minimum absolute atomic E-state index is 0.00134. The summed E-state index contributed by atoms with van der Waals surface area (Å²) in [4.78, 5) is 12.2. The molecule has 19 heavy (non-hydrogen) atoms. The highest BCUT2D eigenvalue weighted by Crippen LogP contribution is 2.37. The molecule has 5 heteroatoms. The standard InChI is InChI=1S/C14H21NO3S/c1-10-5-6-11(18-10)13(2,17)9-15-12(16)14(3)7-4-8-19-14/h5-6,17H,4,7-9H2,1-3H3,(H,15,16). The fraction of sp³-hybridized carbons (Fsp3) is 0.643. The molecule has 1 aliphatic heterocycles. The van der Waals surface area contributed by atoms with Gasteiger partial charge in [0.05, 0.1) is 11.3 Å². The zero-order chi connectivity index (χ0) is 14.1. The van der Waals surface area contributed by atoms with Crippen molar-refractivity contribution in [3.8, 4) is 0 Å². The molecule has 1 saturated heterocycles. The van der Waals surface area contributed by atoms with Crippen LogP contribution in [-0.4, -0.2) is 28.1 Å². The van der Waals surface area contributed by atoms with Gasteiger partial charge in [-0.05, 0) is 51.5 Å². The van der Waals surface area contributed by atoms with Gasteiger partial charge in [0.2, 0.25) is 5.91 Å². The van der Waals surface area contributed by atoms with Gasteiger partial charge in [-0.3, -0.25) is 4.79 Å². The second kappa shape index (κ2) is 5.21. The molecular formula is C14H21NO3S. The molecule has 2 rings (SSSR count). The van der Waals surface area contributed by atoms with E-state index in [0.29, 0.717) is 5.76 Å². The lowest BCUT2D eigenvalue weighted by atomic mass is 10.0. The van der Waals surface area contributed by atoms with E-state index >= 15 is 0 Å². The second-order valence-corrected chi connectivity index (χ2v) is 7.15. The maximum absolute atomic E-state index is 12.2. The van der Waals surface area contributed by atoms with Gasteiger partial charge in [0.25, 0.3) is 0 Å². The lowest BCUT2D eigenvalue weighted by Crippen LogP contribution is -2.46. The van der Waals surface area contributed by atoms with Gasteiger partial charge < -0.3 is 14.8 Å². The van der Waals surface area contributed by atoms with E-state index in [1.807, 2.05) is 13.8 Å². The Hall–Kier alpha value is -0.940. The molecule has 1 fully saturated rings. The maximum atomic E-state index is 12.2. The molecule has 1 aromatic heterocycles. The Kier molecular flexibility index (Phi) is 3.97. The number of carbonyl (C=O) groups is 1. The number of aryl methyl sites for hydroxylation is 1. The highest BCUT2D eigenvalue weighted by molar-refractivity contribution is 8.01. The summed E-state index contributed by atoms with van der Waals surface area (Å²) in [7, 11) is 0. The SMILES string of the molecule is Cc1ccc(C(C)(O)CNC(=O)C2(C)CCCS2)o1. The van der Waals surface area contributed by atoms with Crippen LogP contribution < -0.4 is 5.32 Å². The Labute approximate surface area is 117 Å². The van der Waals surface area contributed by atoms with Crippen LogP contribution in [0.25, 0.3) is 0 Å². The van der Waals surface area contributed by atoms with Crippen LogP contribution in [0.2, 0.25) is 0 Å². The predicted octanol–water partition coefficient (Wildman–Crippen LogP) is 2.20. The average molecular weight is 283 g/mol. The topological polar surface area (TPSA) is 62.5 Å². The predicted molar refractivity (Wildman–Crippen MR) is 76.1 cm³/mol. The molecule has 0 bridgehead atoms. The number of carbonyl (C=O) groups excluding carboxylic acids is 1. The number of nitrogens with one attached hydrogen (secondary N) is 1. The molecule has 2 unspecified atom stereocenters. The summed E-state index contributed by atoms with van der Waals surface area (Å²) in [5, 5.41) is 13.2. The summed E-state index contributed by atoms with van der Waals surface area (Å²) in [5.74, 6) is 2.26. The van der Waals surface area contributed by atoms with Crippen LogP contribution in [0.1, 0.15) is 38.2 Å². The van der Waals surface area contributed by atoms with Crippen LogP contribution in [0, 0.1) is 6.92 Å².